The fourth-order valence-electron chi connectivity index (χ4n) is 6.07. The lowest BCUT2D eigenvalue weighted by molar-refractivity contribution is 0.0961. The van der Waals surface area contributed by atoms with Gasteiger partial charge >= 0.3 is 6.09 Å². The lowest BCUT2D eigenvalue weighted by Gasteiger charge is -2.22. The number of imidazole rings is 1. The molecule has 5 rings (SSSR count). The van der Waals surface area contributed by atoms with Crippen LogP contribution in [0.4, 0.5) is 14.9 Å². The van der Waals surface area contributed by atoms with Crippen molar-refractivity contribution in [3.8, 4) is 11.1 Å². The number of carbonyl (C=O) groups is 3. The SMILES string of the molecule is CCCc1nc(CC)c(C(=O)CCN(C(=O)c2ccncc2)c2cccnc2)n1Cc1ccc(-c2ccccc2S(=O)(=O)NC(=O)OCCC(C)C)cc1F. The second-order valence-corrected chi connectivity index (χ2v) is 15.0. The molecule has 0 aliphatic carbocycles. The Morgan fingerprint density at radius 2 is 1.73 bits per heavy atom. The van der Waals surface area contributed by atoms with Gasteiger partial charge in [0.1, 0.15) is 17.3 Å². The number of rotatable bonds is 17. The Bertz CT molecular complexity index is 2230. The van der Waals surface area contributed by atoms with Crippen molar-refractivity contribution in [2.75, 3.05) is 18.1 Å². The van der Waals surface area contributed by atoms with Crippen LogP contribution < -0.4 is 9.62 Å². The van der Waals surface area contributed by atoms with Crippen LogP contribution in [-0.2, 0) is 34.1 Å². The lowest BCUT2D eigenvalue weighted by Crippen LogP contribution is -2.33. The molecular formula is C41H45FN6O6S. The molecule has 0 fully saturated rings. The molecular weight excluding hydrogens is 724 g/mol. The minimum Gasteiger partial charge on any atom is -0.449 e. The Balaban J connectivity index is 1.42. The van der Waals surface area contributed by atoms with Gasteiger partial charge < -0.3 is 14.2 Å². The average Bonchev–Trinajstić information content (AvgIpc) is 3.52. The van der Waals surface area contributed by atoms with Crippen LogP contribution in [0, 0.1) is 11.7 Å². The number of benzene rings is 2. The molecule has 0 aliphatic heterocycles. The number of nitrogens with one attached hydrogen (secondary N) is 1. The maximum Gasteiger partial charge on any atom is 0.421 e. The van der Waals surface area contributed by atoms with Gasteiger partial charge in [-0.2, -0.15) is 0 Å². The zero-order chi connectivity index (χ0) is 39.5. The van der Waals surface area contributed by atoms with Crippen molar-refractivity contribution in [3.05, 3.63) is 126 Å². The van der Waals surface area contributed by atoms with E-state index in [1.54, 1.807) is 59.4 Å². The van der Waals surface area contributed by atoms with Crippen molar-refractivity contribution >= 4 is 33.5 Å². The summed E-state index contributed by atoms with van der Waals surface area (Å²) in [5, 5.41) is 0. The van der Waals surface area contributed by atoms with Crippen molar-refractivity contribution in [1.82, 2.24) is 24.2 Å². The highest BCUT2D eigenvalue weighted by molar-refractivity contribution is 7.90. The van der Waals surface area contributed by atoms with Crippen LogP contribution in [0.25, 0.3) is 11.1 Å². The molecule has 0 saturated carbocycles. The predicted octanol–water partition coefficient (Wildman–Crippen LogP) is 7.42. The van der Waals surface area contributed by atoms with Gasteiger partial charge in [-0.3, -0.25) is 19.6 Å². The van der Waals surface area contributed by atoms with Crippen LogP contribution in [0.3, 0.4) is 0 Å². The Hall–Kier alpha value is -5.76. The van der Waals surface area contributed by atoms with E-state index in [-0.39, 0.29) is 65.3 Å². The molecule has 1 N–H and O–H groups in total. The maximum absolute atomic E-state index is 16.1. The largest absolute Gasteiger partial charge is 0.449 e. The van der Waals surface area contributed by atoms with Gasteiger partial charge in [-0.25, -0.2) is 27.3 Å². The number of nitrogens with zero attached hydrogens (tertiary/aromatic N) is 5. The van der Waals surface area contributed by atoms with Crippen LogP contribution in [-0.4, -0.2) is 58.9 Å². The van der Waals surface area contributed by atoms with E-state index < -0.39 is 21.9 Å². The predicted molar refractivity (Wildman–Crippen MR) is 207 cm³/mol. The van der Waals surface area contributed by atoms with Crippen LogP contribution in [0.1, 0.15) is 84.9 Å². The van der Waals surface area contributed by atoms with Crippen molar-refractivity contribution in [3.63, 3.8) is 0 Å². The van der Waals surface area contributed by atoms with Gasteiger partial charge in [-0.05, 0) is 67.1 Å². The van der Waals surface area contributed by atoms with Crippen LogP contribution >= 0.6 is 0 Å². The van der Waals surface area contributed by atoms with E-state index in [1.807, 2.05) is 32.4 Å². The number of ketones is 1. The van der Waals surface area contributed by atoms with Gasteiger partial charge in [0, 0.05) is 54.7 Å². The van der Waals surface area contributed by atoms with Gasteiger partial charge in [0.15, 0.2) is 5.78 Å². The van der Waals surface area contributed by atoms with Crippen molar-refractivity contribution < 1.29 is 31.9 Å². The second-order valence-electron chi connectivity index (χ2n) is 13.3. The quantitative estimate of drug-likeness (QED) is 0.0953. The number of carbonyl (C=O) groups excluding carboxylic acids is 3. The Morgan fingerprint density at radius 3 is 2.40 bits per heavy atom. The fraction of sp³-hybridized carbons (Fsp3) is 0.317. The number of halogens is 1. The molecule has 0 saturated heterocycles. The van der Waals surface area contributed by atoms with Crippen LogP contribution in [0.2, 0.25) is 0 Å². The highest BCUT2D eigenvalue weighted by Crippen LogP contribution is 2.30. The van der Waals surface area contributed by atoms with Crippen LogP contribution in [0.15, 0.2) is 96.4 Å². The highest BCUT2D eigenvalue weighted by Gasteiger charge is 2.27. The summed E-state index contributed by atoms with van der Waals surface area (Å²) in [7, 11) is -4.37. The lowest BCUT2D eigenvalue weighted by atomic mass is 10.0. The van der Waals surface area contributed by atoms with Gasteiger partial charge in [-0.1, -0.05) is 58.0 Å². The molecule has 12 nitrogen and oxygen atoms in total. The summed E-state index contributed by atoms with van der Waals surface area (Å²) in [6, 6.07) is 17.0. The molecule has 2 aromatic carbocycles. The van der Waals surface area contributed by atoms with Crippen molar-refractivity contribution in [1.29, 1.82) is 0 Å². The molecule has 2 amide bonds. The van der Waals surface area contributed by atoms with Crippen molar-refractivity contribution in [2.45, 2.75) is 71.2 Å². The number of pyridine rings is 2. The molecule has 0 unspecified atom stereocenters. The first-order chi connectivity index (χ1) is 26.4. The van der Waals surface area contributed by atoms with Gasteiger partial charge in [0.2, 0.25) is 0 Å². The van der Waals surface area contributed by atoms with Crippen LogP contribution in [0.5, 0.6) is 0 Å². The third-order valence-electron chi connectivity index (χ3n) is 8.90. The Kier molecular flexibility index (Phi) is 13.6. The molecule has 14 heteroatoms. The highest BCUT2D eigenvalue weighted by atomic mass is 32.2. The monoisotopic (exact) mass is 768 g/mol. The molecule has 0 bridgehead atoms. The molecule has 0 radical (unpaired) electrons. The number of aromatic nitrogens is 4. The number of aryl methyl sites for hydroxylation is 2. The third kappa shape index (κ3) is 10.1. The Labute approximate surface area is 320 Å². The number of anilines is 1. The molecule has 55 heavy (non-hydrogen) atoms. The van der Waals surface area contributed by atoms with E-state index in [1.165, 1.54) is 41.6 Å². The first-order valence-corrected chi connectivity index (χ1v) is 19.7. The molecule has 5 aromatic rings. The minimum atomic E-state index is -4.37. The maximum atomic E-state index is 16.1. The van der Waals surface area contributed by atoms with E-state index in [0.717, 1.165) is 6.42 Å². The summed E-state index contributed by atoms with van der Waals surface area (Å²) in [6.07, 6.45) is 7.38. The number of sulfonamides is 1. The standard InChI is InChI=1S/C41H45FN6O6S/c1-5-10-38-45-35(6-2)39(36(49)18-23-47(32-11-9-20-44-26-32)40(50)29-16-21-43-22-17-29)48(38)27-31-15-14-30(25-34(31)42)33-12-7-8-13-37(33)55(52,53)46-41(51)54-24-19-28(3)4/h7-9,11-17,20-22,25-26,28H,5-6,10,18-19,23-24,27H2,1-4H3,(H,46,51). The number of hydrogen-bond acceptors (Lipinski definition) is 9. The molecule has 0 atom stereocenters. The third-order valence-corrected chi connectivity index (χ3v) is 10.3. The van der Waals surface area contributed by atoms with E-state index in [9.17, 15) is 22.8 Å². The molecule has 3 aromatic heterocycles. The average molecular weight is 769 g/mol. The first kappa shape index (κ1) is 40.4. The summed E-state index contributed by atoms with van der Waals surface area (Å²) in [6.45, 7) is 7.90. The fourth-order valence-corrected chi connectivity index (χ4v) is 7.20. The first-order valence-electron chi connectivity index (χ1n) is 18.2. The van der Waals surface area contributed by atoms with Gasteiger partial charge in [-0.15, -0.1) is 0 Å². The summed E-state index contributed by atoms with van der Waals surface area (Å²) >= 11 is 0. The van der Waals surface area contributed by atoms with Gasteiger partial charge in [0.25, 0.3) is 15.9 Å². The van der Waals surface area contributed by atoms with E-state index in [2.05, 4.69) is 9.97 Å². The zero-order valence-electron chi connectivity index (χ0n) is 31.4. The summed E-state index contributed by atoms with van der Waals surface area (Å²) in [5.41, 5.74) is 2.58. The summed E-state index contributed by atoms with van der Waals surface area (Å²) in [4.78, 5) is 54.3. The molecule has 3 heterocycles. The van der Waals surface area contributed by atoms with Crippen molar-refractivity contribution in [2.24, 2.45) is 5.92 Å². The summed E-state index contributed by atoms with van der Waals surface area (Å²) < 4.78 is 51.4. The normalized spacial score (nSPS) is 11.4. The second kappa shape index (κ2) is 18.5. The molecule has 0 aliphatic rings. The Morgan fingerprint density at radius 1 is 0.964 bits per heavy atom. The number of ether oxygens (including phenoxy) is 1. The number of amides is 2. The van der Waals surface area contributed by atoms with E-state index in [4.69, 9.17) is 9.72 Å². The summed E-state index contributed by atoms with van der Waals surface area (Å²) in [5.74, 6) is -0.294. The van der Waals surface area contributed by atoms with E-state index in [0.29, 0.717) is 47.7 Å². The zero-order valence-corrected chi connectivity index (χ0v) is 32.2. The van der Waals surface area contributed by atoms with E-state index >= 15 is 4.39 Å². The number of hydrogen-bond donors (Lipinski definition) is 1. The molecule has 0 spiro atoms. The minimum absolute atomic E-state index is 0.0124. The molecule has 288 valence electrons. The topological polar surface area (TPSA) is 153 Å². The smallest absolute Gasteiger partial charge is 0.421 e. The number of Topliss-reactive ketones (excluding diaryl/α,β-unsaturated/α-hetero) is 1. The van der Waals surface area contributed by atoms with Gasteiger partial charge in [0.05, 0.1) is 35.6 Å².